The van der Waals surface area contributed by atoms with Crippen LogP contribution in [0.5, 0.6) is 0 Å². The van der Waals surface area contributed by atoms with Gasteiger partial charge in [-0.25, -0.2) is 0 Å². The molecule has 0 aromatic rings. The smallest absolute Gasteiger partial charge is 0.00472 e. The van der Waals surface area contributed by atoms with Crippen molar-refractivity contribution in [2.24, 2.45) is 5.41 Å². The van der Waals surface area contributed by atoms with Crippen LogP contribution < -0.4 is 5.32 Å². The lowest BCUT2D eigenvalue weighted by molar-refractivity contribution is 0.157. The molecule has 0 fully saturated rings. The summed E-state index contributed by atoms with van der Waals surface area (Å²) < 4.78 is 0. The van der Waals surface area contributed by atoms with Gasteiger partial charge < -0.3 is 10.2 Å². The van der Waals surface area contributed by atoms with Crippen LogP contribution in [0, 0.1) is 5.41 Å². The lowest BCUT2D eigenvalue weighted by Gasteiger charge is -2.35. The largest absolute Gasteiger partial charge is 0.314 e. The molecular formula is C14H32N2. The summed E-state index contributed by atoms with van der Waals surface area (Å²) in [7, 11) is 0. The fraction of sp³-hybridized carbons (Fsp3) is 1.00. The monoisotopic (exact) mass is 228 g/mol. The number of hydrogen-bond donors (Lipinski definition) is 1. The minimum absolute atomic E-state index is 0.422. The molecular weight excluding hydrogens is 196 g/mol. The normalized spacial score (nSPS) is 15.8. The van der Waals surface area contributed by atoms with Gasteiger partial charge in [0.05, 0.1) is 0 Å². The zero-order valence-corrected chi connectivity index (χ0v) is 12.3. The second-order valence-electron chi connectivity index (χ2n) is 5.56. The first kappa shape index (κ1) is 15.9. The third-order valence-electron chi connectivity index (χ3n) is 3.29. The van der Waals surface area contributed by atoms with E-state index in [-0.39, 0.29) is 0 Å². The highest BCUT2D eigenvalue weighted by molar-refractivity contribution is 4.80. The second-order valence-corrected chi connectivity index (χ2v) is 5.56. The molecule has 0 aliphatic rings. The molecule has 0 saturated carbocycles. The van der Waals surface area contributed by atoms with E-state index in [1.54, 1.807) is 0 Å². The highest BCUT2D eigenvalue weighted by Crippen LogP contribution is 2.24. The van der Waals surface area contributed by atoms with Crippen LogP contribution in [0.25, 0.3) is 0 Å². The maximum absolute atomic E-state index is 3.60. The van der Waals surface area contributed by atoms with Crippen LogP contribution in [0.15, 0.2) is 0 Å². The first-order chi connectivity index (χ1) is 7.47. The van der Waals surface area contributed by atoms with Crippen molar-refractivity contribution in [3.8, 4) is 0 Å². The Morgan fingerprint density at radius 1 is 1.12 bits per heavy atom. The predicted octanol–water partition coefficient (Wildman–Crippen LogP) is 3.13. The van der Waals surface area contributed by atoms with Crippen LogP contribution in [0.1, 0.15) is 54.4 Å². The Balaban J connectivity index is 4.29. The molecule has 1 N–H and O–H groups in total. The third-order valence-corrected chi connectivity index (χ3v) is 3.29. The lowest BCUT2D eigenvalue weighted by atomic mass is 9.84. The molecule has 0 radical (unpaired) electrons. The molecule has 0 amide bonds. The summed E-state index contributed by atoms with van der Waals surface area (Å²) in [5.74, 6) is 0. The average molecular weight is 228 g/mol. The van der Waals surface area contributed by atoms with E-state index in [4.69, 9.17) is 0 Å². The molecule has 0 aliphatic heterocycles. The summed E-state index contributed by atoms with van der Waals surface area (Å²) in [4.78, 5) is 2.54. The molecule has 16 heavy (non-hydrogen) atoms. The zero-order valence-electron chi connectivity index (χ0n) is 12.3. The van der Waals surface area contributed by atoms with E-state index in [0.717, 1.165) is 19.6 Å². The van der Waals surface area contributed by atoms with Crippen molar-refractivity contribution in [1.82, 2.24) is 10.2 Å². The van der Waals surface area contributed by atoms with Crippen molar-refractivity contribution in [2.45, 2.75) is 60.4 Å². The Labute approximate surface area is 103 Å². The van der Waals surface area contributed by atoms with Crippen molar-refractivity contribution >= 4 is 0 Å². The van der Waals surface area contributed by atoms with Crippen LogP contribution in [-0.4, -0.2) is 37.1 Å². The van der Waals surface area contributed by atoms with Gasteiger partial charge in [0, 0.05) is 19.1 Å². The first-order valence-electron chi connectivity index (χ1n) is 6.93. The second kappa shape index (κ2) is 8.08. The highest BCUT2D eigenvalue weighted by atomic mass is 15.1. The van der Waals surface area contributed by atoms with Gasteiger partial charge in [0.1, 0.15) is 0 Å². The molecule has 1 unspecified atom stereocenters. The fourth-order valence-corrected chi connectivity index (χ4v) is 2.26. The average Bonchev–Trinajstić information content (AvgIpc) is 2.24. The van der Waals surface area contributed by atoms with Crippen LogP contribution in [0.4, 0.5) is 0 Å². The van der Waals surface area contributed by atoms with Gasteiger partial charge in [-0.1, -0.05) is 48.0 Å². The van der Waals surface area contributed by atoms with Crippen LogP contribution in [-0.2, 0) is 0 Å². The van der Waals surface area contributed by atoms with E-state index in [1.165, 1.54) is 19.4 Å². The topological polar surface area (TPSA) is 15.3 Å². The number of hydrogen-bond acceptors (Lipinski definition) is 2. The van der Waals surface area contributed by atoms with Crippen molar-refractivity contribution in [1.29, 1.82) is 0 Å². The van der Waals surface area contributed by atoms with E-state index < -0.39 is 0 Å². The van der Waals surface area contributed by atoms with E-state index in [0.29, 0.717) is 11.5 Å². The molecule has 0 heterocycles. The molecule has 2 heteroatoms. The molecule has 0 aliphatic carbocycles. The highest BCUT2D eigenvalue weighted by Gasteiger charge is 2.25. The van der Waals surface area contributed by atoms with Crippen LogP contribution >= 0.6 is 0 Å². The van der Waals surface area contributed by atoms with Crippen molar-refractivity contribution < 1.29 is 0 Å². The molecule has 98 valence electrons. The third kappa shape index (κ3) is 6.49. The van der Waals surface area contributed by atoms with Gasteiger partial charge in [-0.15, -0.1) is 0 Å². The SMILES string of the molecule is CCCC(C)(CNC(C)C)CN(CC)CC. The van der Waals surface area contributed by atoms with Gasteiger partial charge in [-0.2, -0.15) is 0 Å². The lowest BCUT2D eigenvalue weighted by Crippen LogP contribution is -2.43. The first-order valence-corrected chi connectivity index (χ1v) is 6.93. The summed E-state index contributed by atoms with van der Waals surface area (Å²) in [6.45, 7) is 18.3. The molecule has 0 spiro atoms. The van der Waals surface area contributed by atoms with E-state index >= 15 is 0 Å². The predicted molar refractivity (Wildman–Crippen MR) is 73.9 cm³/mol. The van der Waals surface area contributed by atoms with E-state index in [2.05, 4.69) is 51.8 Å². The Morgan fingerprint density at radius 2 is 1.69 bits per heavy atom. The molecule has 0 bridgehead atoms. The van der Waals surface area contributed by atoms with Gasteiger partial charge in [0.2, 0.25) is 0 Å². The Hall–Kier alpha value is -0.0800. The molecule has 0 aromatic heterocycles. The Morgan fingerprint density at radius 3 is 2.06 bits per heavy atom. The summed E-state index contributed by atoms with van der Waals surface area (Å²) in [5, 5.41) is 3.60. The molecule has 0 aromatic carbocycles. The Bertz CT molecular complexity index is 164. The maximum atomic E-state index is 3.60. The van der Waals surface area contributed by atoms with Gasteiger partial charge in [0.15, 0.2) is 0 Å². The zero-order chi connectivity index (χ0) is 12.6. The summed E-state index contributed by atoms with van der Waals surface area (Å²) in [5.41, 5.74) is 0.422. The van der Waals surface area contributed by atoms with E-state index in [1.807, 2.05) is 0 Å². The standard InChI is InChI=1S/C14H32N2/c1-7-10-14(6,11-15-13(4)5)12-16(8-2)9-3/h13,15H,7-12H2,1-6H3. The molecule has 0 saturated heterocycles. The van der Waals surface area contributed by atoms with Crippen LogP contribution in [0.2, 0.25) is 0 Å². The number of nitrogens with one attached hydrogen (secondary N) is 1. The van der Waals surface area contributed by atoms with E-state index in [9.17, 15) is 0 Å². The van der Waals surface area contributed by atoms with Crippen molar-refractivity contribution in [2.75, 3.05) is 26.2 Å². The van der Waals surface area contributed by atoms with Gasteiger partial charge in [0.25, 0.3) is 0 Å². The van der Waals surface area contributed by atoms with Gasteiger partial charge >= 0.3 is 0 Å². The number of rotatable bonds is 9. The van der Waals surface area contributed by atoms with Crippen molar-refractivity contribution in [3.05, 3.63) is 0 Å². The van der Waals surface area contributed by atoms with Crippen LogP contribution in [0.3, 0.4) is 0 Å². The minimum Gasteiger partial charge on any atom is -0.314 e. The molecule has 2 nitrogen and oxygen atoms in total. The summed E-state index contributed by atoms with van der Waals surface area (Å²) >= 11 is 0. The molecule has 1 atom stereocenters. The maximum Gasteiger partial charge on any atom is 0.00472 e. The van der Waals surface area contributed by atoms with Gasteiger partial charge in [-0.3, -0.25) is 0 Å². The molecule has 0 rings (SSSR count). The van der Waals surface area contributed by atoms with Gasteiger partial charge in [-0.05, 0) is 24.9 Å². The minimum atomic E-state index is 0.422. The fourth-order valence-electron chi connectivity index (χ4n) is 2.26. The van der Waals surface area contributed by atoms with Crippen molar-refractivity contribution in [3.63, 3.8) is 0 Å². The Kier molecular flexibility index (Phi) is 8.04. The number of nitrogens with zero attached hydrogens (tertiary/aromatic N) is 1. The summed E-state index contributed by atoms with van der Waals surface area (Å²) in [6.07, 6.45) is 2.58. The quantitative estimate of drug-likeness (QED) is 0.652. The summed E-state index contributed by atoms with van der Waals surface area (Å²) in [6, 6.07) is 0.591.